The van der Waals surface area contributed by atoms with E-state index in [9.17, 15) is 0 Å². The smallest absolute Gasteiger partial charge is 0.0575 e. The maximum atomic E-state index is 4.00. The van der Waals surface area contributed by atoms with Crippen molar-refractivity contribution in [3.63, 3.8) is 0 Å². The Labute approximate surface area is 195 Å². The van der Waals surface area contributed by atoms with Gasteiger partial charge < -0.3 is 10.2 Å². The Morgan fingerprint density at radius 1 is 0.636 bits per heavy atom. The summed E-state index contributed by atoms with van der Waals surface area (Å²) in [7, 11) is 0. The van der Waals surface area contributed by atoms with Crippen molar-refractivity contribution in [2.24, 2.45) is 0 Å². The molecular weight excluding hydrogens is 400 g/mol. The Hall–Kier alpha value is -3.52. The number of hydrogen-bond donors (Lipinski definition) is 1. The Morgan fingerprint density at radius 2 is 1.27 bits per heavy atom. The summed E-state index contributed by atoms with van der Waals surface area (Å²) in [5, 5.41) is 4.00. The highest BCUT2D eigenvalue weighted by Crippen LogP contribution is 2.56. The predicted molar refractivity (Wildman–Crippen MR) is 136 cm³/mol. The molecule has 1 fully saturated rings. The standard InChI is InChI=1S/C31H28N2/c1-3-11-21(12-4-1)28-25-16-8-10-18-27(25)33-20-19-24-23-15-7-9-17-26(23)32-30(24)31(33)29(28)22-13-5-2-6-14-22/h1-18,24,28-32H,19-20H2/t24?,28-,29+,30?,31?/m1/s1. The highest BCUT2D eigenvalue weighted by atomic mass is 15.2. The molecule has 3 heterocycles. The van der Waals surface area contributed by atoms with Crippen LogP contribution >= 0.6 is 0 Å². The lowest BCUT2D eigenvalue weighted by Gasteiger charge is -2.54. The van der Waals surface area contributed by atoms with Crippen molar-refractivity contribution in [3.05, 3.63) is 131 Å². The van der Waals surface area contributed by atoms with E-state index in [4.69, 9.17) is 0 Å². The van der Waals surface area contributed by atoms with E-state index in [0.29, 0.717) is 29.8 Å². The third-order valence-electron chi connectivity index (χ3n) is 8.18. The third kappa shape index (κ3) is 2.87. The van der Waals surface area contributed by atoms with Crippen LogP contribution in [0.2, 0.25) is 0 Å². The number of anilines is 2. The van der Waals surface area contributed by atoms with Crippen LogP contribution in [0.3, 0.4) is 0 Å². The van der Waals surface area contributed by atoms with Crippen LogP contribution in [0.5, 0.6) is 0 Å². The lowest BCUT2D eigenvalue weighted by molar-refractivity contribution is 0.317. The first kappa shape index (κ1) is 19.0. The van der Waals surface area contributed by atoms with Crippen LogP contribution < -0.4 is 10.2 Å². The Balaban J connectivity index is 1.46. The molecule has 1 saturated heterocycles. The van der Waals surface area contributed by atoms with Gasteiger partial charge in [-0.15, -0.1) is 0 Å². The van der Waals surface area contributed by atoms with E-state index in [-0.39, 0.29) is 0 Å². The molecule has 0 aliphatic carbocycles. The largest absolute Gasteiger partial charge is 0.379 e. The highest BCUT2D eigenvalue weighted by Gasteiger charge is 2.52. The fourth-order valence-electron chi connectivity index (χ4n) is 6.92. The second-order valence-electron chi connectivity index (χ2n) is 9.72. The summed E-state index contributed by atoms with van der Waals surface area (Å²) in [4.78, 5) is 2.73. The number of nitrogens with zero attached hydrogens (tertiary/aromatic N) is 1. The molecule has 0 bridgehead atoms. The quantitative estimate of drug-likeness (QED) is 0.379. The van der Waals surface area contributed by atoms with Crippen LogP contribution in [0, 0.1) is 0 Å². The molecule has 3 aliphatic rings. The first-order valence-corrected chi connectivity index (χ1v) is 12.2. The molecular formula is C31H28N2. The minimum atomic E-state index is 0.329. The topological polar surface area (TPSA) is 15.3 Å². The van der Waals surface area contributed by atoms with Gasteiger partial charge in [0.2, 0.25) is 0 Å². The number of fused-ring (bicyclic) bond motifs is 7. The summed E-state index contributed by atoms with van der Waals surface area (Å²) >= 11 is 0. The lowest BCUT2D eigenvalue weighted by atomic mass is 9.65. The minimum Gasteiger partial charge on any atom is -0.379 e. The predicted octanol–water partition coefficient (Wildman–Crippen LogP) is 6.77. The summed E-state index contributed by atoms with van der Waals surface area (Å²) in [5.41, 5.74) is 8.56. The first-order chi connectivity index (χ1) is 16.4. The van der Waals surface area contributed by atoms with Crippen molar-refractivity contribution in [2.75, 3.05) is 16.8 Å². The molecule has 4 aromatic carbocycles. The molecule has 0 spiro atoms. The molecule has 162 valence electrons. The number of nitrogens with one attached hydrogen (secondary N) is 1. The summed E-state index contributed by atoms with van der Waals surface area (Å²) in [6, 6.07) is 41.3. The Bertz CT molecular complexity index is 1280. The van der Waals surface area contributed by atoms with Gasteiger partial charge >= 0.3 is 0 Å². The second kappa shape index (κ2) is 7.52. The van der Waals surface area contributed by atoms with Crippen LogP contribution in [-0.4, -0.2) is 18.6 Å². The highest BCUT2D eigenvalue weighted by molar-refractivity contribution is 5.68. The average Bonchev–Trinajstić information content (AvgIpc) is 3.28. The van der Waals surface area contributed by atoms with Crippen LogP contribution in [0.15, 0.2) is 109 Å². The van der Waals surface area contributed by atoms with Crippen molar-refractivity contribution in [1.82, 2.24) is 0 Å². The van der Waals surface area contributed by atoms with Crippen LogP contribution in [0.25, 0.3) is 0 Å². The number of hydrogen-bond acceptors (Lipinski definition) is 2. The van der Waals surface area contributed by atoms with Gasteiger partial charge in [0.1, 0.15) is 0 Å². The SMILES string of the molecule is c1ccc([C@@H]2c3ccccc3N3CCC4c5ccccc5NC4C3[C@H]2c2ccccc2)cc1. The lowest BCUT2D eigenvalue weighted by Crippen LogP contribution is -2.59. The van der Waals surface area contributed by atoms with Gasteiger partial charge in [0.05, 0.1) is 12.1 Å². The second-order valence-corrected chi connectivity index (χ2v) is 9.72. The van der Waals surface area contributed by atoms with Gasteiger partial charge in [0, 0.05) is 35.7 Å². The molecule has 1 N–H and O–H groups in total. The molecule has 0 radical (unpaired) electrons. The molecule has 0 saturated carbocycles. The van der Waals surface area contributed by atoms with Gasteiger partial charge in [-0.1, -0.05) is 97.1 Å². The molecule has 3 aliphatic heterocycles. The minimum absolute atomic E-state index is 0.329. The summed E-state index contributed by atoms with van der Waals surface area (Å²) in [6.45, 7) is 1.10. The fourth-order valence-corrected chi connectivity index (χ4v) is 6.92. The third-order valence-corrected chi connectivity index (χ3v) is 8.18. The van der Waals surface area contributed by atoms with Gasteiger partial charge in [-0.3, -0.25) is 0 Å². The van der Waals surface area contributed by atoms with E-state index >= 15 is 0 Å². The fraction of sp³-hybridized carbons (Fsp3) is 0.226. The number of piperidine rings is 1. The van der Waals surface area contributed by atoms with Gasteiger partial charge in [0.15, 0.2) is 0 Å². The van der Waals surface area contributed by atoms with Crippen molar-refractivity contribution >= 4 is 11.4 Å². The first-order valence-electron chi connectivity index (χ1n) is 12.2. The molecule has 0 amide bonds. The summed E-state index contributed by atoms with van der Waals surface area (Å²) in [5.74, 6) is 1.27. The molecule has 5 atom stereocenters. The van der Waals surface area contributed by atoms with Crippen molar-refractivity contribution in [2.45, 2.75) is 36.3 Å². The number of para-hydroxylation sites is 2. The average molecular weight is 429 g/mol. The zero-order valence-electron chi connectivity index (χ0n) is 18.6. The molecule has 2 nitrogen and oxygen atoms in total. The molecule has 33 heavy (non-hydrogen) atoms. The van der Waals surface area contributed by atoms with E-state index in [0.717, 1.165) is 6.54 Å². The number of rotatable bonds is 2. The normalized spacial score (nSPS) is 27.0. The van der Waals surface area contributed by atoms with Crippen molar-refractivity contribution in [3.8, 4) is 0 Å². The van der Waals surface area contributed by atoms with Gasteiger partial charge in [-0.05, 0) is 40.8 Å². The van der Waals surface area contributed by atoms with Crippen molar-refractivity contribution < 1.29 is 0 Å². The van der Waals surface area contributed by atoms with Gasteiger partial charge in [-0.25, -0.2) is 0 Å². The number of benzene rings is 4. The van der Waals surface area contributed by atoms with Crippen LogP contribution in [-0.2, 0) is 0 Å². The van der Waals surface area contributed by atoms with E-state index in [2.05, 4.69) is 119 Å². The van der Waals surface area contributed by atoms with E-state index < -0.39 is 0 Å². The summed E-state index contributed by atoms with van der Waals surface area (Å²) < 4.78 is 0. The zero-order valence-corrected chi connectivity index (χ0v) is 18.6. The Morgan fingerprint density at radius 3 is 2.06 bits per heavy atom. The van der Waals surface area contributed by atoms with E-state index in [1.54, 1.807) is 0 Å². The Kier molecular flexibility index (Phi) is 4.33. The maximum Gasteiger partial charge on any atom is 0.0575 e. The zero-order chi connectivity index (χ0) is 21.8. The molecule has 0 aromatic heterocycles. The van der Waals surface area contributed by atoms with E-state index in [1.165, 1.54) is 40.0 Å². The maximum absolute atomic E-state index is 4.00. The van der Waals surface area contributed by atoms with Gasteiger partial charge in [-0.2, -0.15) is 0 Å². The van der Waals surface area contributed by atoms with Crippen LogP contribution in [0.4, 0.5) is 11.4 Å². The molecule has 3 unspecified atom stereocenters. The molecule has 2 heteroatoms. The van der Waals surface area contributed by atoms with E-state index in [1.807, 2.05) is 0 Å². The molecule has 7 rings (SSSR count). The van der Waals surface area contributed by atoms with Gasteiger partial charge in [0.25, 0.3) is 0 Å². The monoisotopic (exact) mass is 428 g/mol. The molecule has 4 aromatic rings. The summed E-state index contributed by atoms with van der Waals surface area (Å²) in [6.07, 6.45) is 1.19. The van der Waals surface area contributed by atoms with Crippen molar-refractivity contribution in [1.29, 1.82) is 0 Å². The van der Waals surface area contributed by atoms with Crippen LogP contribution in [0.1, 0.15) is 46.4 Å².